The maximum absolute atomic E-state index is 14.3. The van der Waals surface area contributed by atoms with E-state index in [2.05, 4.69) is 49.0 Å². The molecule has 3 fully saturated rings. The number of aromatic amines is 1. The summed E-state index contributed by atoms with van der Waals surface area (Å²) in [6, 6.07) is 11.4. The van der Waals surface area contributed by atoms with Gasteiger partial charge in [0, 0.05) is 97.7 Å². The Labute approximate surface area is 236 Å². The van der Waals surface area contributed by atoms with Gasteiger partial charge in [0.25, 0.3) is 0 Å². The lowest BCUT2D eigenvalue weighted by molar-refractivity contribution is 0.0602. The summed E-state index contributed by atoms with van der Waals surface area (Å²) in [7, 11) is 3.60. The molecule has 1 N–H and O–H groups in total. The van der Waals surface area contributed by atoms with E-state index in [1.54, 1.807) is 7.05 Å². The molecule has 40 heavy (non-hydrogen) atoms. The van der Waals surface area contributed by atoms with E-state index >= 15 is 0 Å². The number of carbonyl (C=O) groups is 1. The predicted octanol–water partition coefficient (Wildman–Crippen LogP) is 4.97. The van der Waals surface area contributed by atoms with Crippen LogP contribution in [0.5, 0.6) is 0 Å². The molecule has 1 aliphatic carbocycles. The Balaban J connectivity index is 1.35. The average molecular weight is 538 g/mol. The number of aliphatic imine (C=N–C) groups is 2. The van der Waals surface area contributed by atoms with Crippen LogP contribution >= 0.6 is 0 Å². The van der Waals surface area contributed by atoms with E-state index in [-0.39, 0.29) is 11.2 Å². The zero-order valence-electron chi connectivity index (χ0n) is 23.7. The largest absolute Gasteiger partial charge is 0.381 e. The molecule has 0 atom stereocenters. The van der Waals surface area contributed by atoms with Gasteiger partial charge in [-0.05, 0) is 80.9 Å². The summed E-state index contributed by atoms with van der Waals surface area (Å²) in [4.78, 5) is 31.9. The van der Waals surface area contributed by atoms with Crippen molar-refractivity contribution in [3.63, 3.8) is 0 Å². The van der Waals surface area contributed by atoms with Gasteiger partial charge in [-0.15, -0.1) is 0 Å². The second-order valence-corrected chi connectivity index (χ2v) is 11.9. The zero-order valence-corrected chi connectivity index (χ0v) is 23.7. The fraction of sp³-hybridized carbons (Fsp3) is 0.485. The Kier molecular flexibility index (Phi) is 6.59. The van der Waals surface area contributed by atoms with Crippen LogP contribution in [0.25, 0.3) is 10.9 Å². The molecule has 0 amide bonds. The van der Waals surface area contributed by atoms with Crippen LogP contribution in [0.4, 0.5) is 5.69 Å². The molecule has 3 aromatic rings. The van der Waals surface area contributed by atoms with Gasteiger partial charge < -0.3 is 19.5 Å². The smallest absolute Gasteiger partial charge is 0.195 e. The van der Waals surface area contributed by atoms with Gasteiger partial charge in [-0.1, -0.05) is 12.1 Å². The standard InChI is InChI=1S/C33H39N5O2/c1-34-20-22-5-6-25-28(17-22)36-32-30(25)31(39)26-18-23(21-35-2)29(19-27(26)33(32)9-15-40-16-10-33)38-13-7-24(8-14-38)37-11-3-4-12-37/h5-6,17-21,24,36H,3-4,7-16H2,1-2H3/b34-20+,35-21+. The molecule has 2 aromatic carbocycles. The Morgan fingerprint density at radius 1 is 0.975 bits per heavy atom. The summed E-state index contributed by atoms with van der Waals surface area (Å²) in [6.45, 7) is 5.95. The molecule has 208 valence electrons. The SMILES string of the molecule is C/N=C/c1ccc2c3c([nH]c2c1)C1(CCOCC1)c1cc(N2CCC(N4CCCC4)CC2)c(/C=N/C)cc1C3=O. The summed E-state index contributed by atoms with van der Waals surface area (Å²) < 4.78 is 5.90. The second kappa shape index (κ2) is 10.3. The number of anilines is 1. The van der Waals surface area contributed by atoms with Crippen molar-refractivity contribution in [2.24, 2.45) is 9.98 Å². The molecular formula is C33H39N5O2. The van der Waals surface area contributed by atoms with E-state index in [4.69, 9.17) is 4.74 Å². The van der Waals surface area contributed by atoms with Crippen molar-refractivity contribution in [3.05, 3.63) is 63.8 Å². The third kappa shape index (κ3) is 4.05. The minimum absolute atomic E-state index is 0.107. The summed E-state index contributed by atoms with van der Waals surface area (Å²) in [5.41, 5.74) is 7.85. The lowest BCUT2D eigenvalue weighted by Crippen LogP contribution is -2.44. The molecule has 1 spiro atoms. The number of aromatic nitrogens is 1. The highest BCUT2D eigenvalue weighted by atomic mass is 16.5. The molecule has 3 aliphatic heterocycles. The van der Waals surface area contributed by atoms with E-state index < -0.39 is 0 Å². The van der Waals surface area contributed by atoms with Crippen LogP contribution in [0.1, 0.15) is 76.8 Å². The highest BCUT2D eigenvalue weighted by Crippen LogP contribution is 2.50. The highest BCUT2D eigenvalue weighted by Gasteiger charge is 2.47. The topological polar surface area (TPSA) is 73.3 Å². The van der Waals surface area contributed by atoms with Crippen LogP contribution in [0, 0.1) is 0 Å². The lowest BCUT2D eigenvalue weighted by atomic mass is 9.64. The van der Waals surface area contributed by atoms with Crippen molar-refractivity contribution >= 4 is 34.8 Å². The molecule has 7 nitrogen and oxygen atoms in total. The van der Waals surface area contributed by atoms with Gasteiger partial charge in [0.15, 0.2) is 5.78 Å². The number of hydrogen-bond acceptors (Lipinski definition) is 6. The number of rotatable bonds is 4. The van der Waals surface area contributed by atoms with Crippen LogP contribution in [0.15, 0.2) is 40.3 Å². The van der Waals surface area contributed by atoms with E-state index in [0.717, 1.165) is 70.3 Å². The number of nitrogens with zero attached hydrogens (tertiary/aromatic N) is 4. The predicted molar refractivity (Wildman–Crippen MR) is 162 cm³/mol. The Morgan fingerprint density at radius 2 is 1.73 bits per heavy atom. The van der Waals surface area contributed by atoms with Gasteiger partial charge >= 0.3 is 0 Å². The second-order valence-electron chi connectivity index (χ2n) is 11.9. The van der Waals surface area contributed by atoms with Gasteiger partial charge in [-0.3, -0.25) is 14.8 Å². The molecule has 1 aromatic heterocycles. The molecule has 4 heterocycles. The number of benzene rings is 2. The van der Waals surface area contributed by atoms with Gasteiger partial charge in [0.2, 0.25) is 0 Å². The highest BCUT2D eigenvalue weighted by molar-refractivity contribution is 6.21. The molecule has 7 rings (SSSR count). The lowest BCUT2D eigenvalue weighted by Gasteiger charge is -2.43. The number of likely N-dealkylation sites (tertiary alicyclic amines) is 1. The first-order valence-electron chi connectivity index (χ1n) is 14.9. The number of H-pyrrole nitrogens is 1. The van der Waals surface area contributed by atoms with E-state index in [1.807, 2.05) is 25.5 Å². The maximum atomic E-state index is 14.3. The number of fused-ring (bicyclic) bond motifs is 6. The molecule has 0 bridgehead atoms. The normalized spacial score (nSPS) is 21.8. The molecule has 7 heteroatoms. The van der Waals surface area contributed by atoms with Crippen LogP contribution in [-0.4, -0.2) is 87.6 Å². The first kappa shape index (κ1) is 25.7. The van der Waals surface area contributed by atoms with E-state index in [1.165, 1.54) is 44.5 Å². The summed E-state index contributed by atoms with van der Waals surface area (Å²) in [5, 5.41) is 0.989. The zero-order chi connectivity index (χ0) is 27.3. The monoisotopic (exact) mass is 537 g/mol. The summed E-state index contributed by atoms with van der Waals surface area (Å²) >= 11 is 0. The van der Waals surface area contributed by atoms with Gasteiger partial charge in [-0.2, -0.15) is 0 Å². The number of ether oxygens (including phenoxy) is 1. The van der Waals surface area contributed by atoms with Gasteiger partial charge in [0.05, 0.1) is 5.56 Å². The number of carbonyl (C=O) groups excluding carboxylic acids is 1. The average Bonchev–Trinajstić information content (AvgIpc) is 3.66. The van der Waals surface area contributed by atoms with Crippen molar-refractivity contribution in [2.45, 2.75) is 50.0 Å². The quantitative estimate of drug-likeness (QED) is 0.477. The number of hydrogen-bond donors (Lipinski definition) is 1. The van der Waals surface area contributed by atoms with Gasteiger partial charge in [-0.25, -0.2) is 0 Å². The molecule has 3 saturated heterocycles. The van der Waals surface area contributed by atoms with Crippen LogP contribution < -0.4 is 4.90 Å². The first-order chi connectivity index (χ1) is 19.6. The van der Waals surface area contributed by atoms with Crippen molar-refractivity contribution in [3.8, 4) is 0 Å². The molecule has 0 unspecified atom stereocenters. The van der Waals surface area contributed by atoms with Crippen molar-refractivity contribution in [1.29, 1.82) is 0 Å². The Morgan fingerprint density at radius 3 is 2.45 bits per heavy atom. The van der Waals surface area contributed by atoms with Gasteiger partial charge in [0.1, 0.15) is 0 Å². The fourth-order valence-corrected chi connectivity index (χ4v) is 7.83. The van der Waals surface area contributed by atoms with Crippen LogP contribution in [0.3, 0.4) is 0 Å². The van der Waals surface area contributed by atoms with Crippen LogP contribution in [-0.2, 0) is 10.2 Å². The Hall–Kier alpha value is -3.29. The summed E-state index contributed by atoms with van der Waals surface area (Å²) in [6.07, 6.45) is 10.6. The number of nitrogens with one attached hydrogen (secondary N) is 1. The summed E-state index contributed by atoms with van der Waals surface area (Å²) in [5.74, 6) is 0.107. The van der Waals surface area contributed by atoms with Crippen molar-refractivity contribution < 1.29 is 9.53 Å². The minimum Gasteiger partial charge on any atom is -0.381 e. The van der Waals surface area contributed by atoms with Crippen LogP contribution in [0.2, 0.25) is 0 Å². The molecule has 0 radical (unpaired) electrons. The minimum atomic E-state index is -0.278. The van der Waals surface area contributed by atoms with Crippen molar-refractivity contribution in [1.82, 2.24) is 9.88 Å². The molecule has 0 saturated carbocycles. The van der Waals surface area contributed by atoms with Crippen molar-refractivity contribution in [2.75, 3.05) is 58.4 Å². The fourth-order valence-electron chi connectivity index (χ4n) is 7.83. The third-order valence-electron chi connectivity index (χ3n) is 9.81. The number of ketones is 1. The third-order valence-corrected chi connectivity index (χ3v) is 9.81. The van der Waals surface area contributed by atoms with E-state index in [9.17, 15) is 4.79 Å². The molecular weight excluding hydrogens is 498 g/mol. The maximum Gasteiger partial charge on any atom is 0.195 e. The number of piperidine rings is 1. The van der Waals surface area contributed by atoms with E-state index in [0.29, 0.717) is 19.3 Å². The Bertz CT molecular complexity index is 1500. The first-order valence-corrected chi connectivity index (χ1v) is 14.9. The molecule has 4 aliphatic rings.